The van der Waals surface area contributed by atoms with Gasteiger partial charge in [0, 0.05) is 44.9 Å². The Balaban J connectivity index is 0.867. The minimum Gasteiger partial charge on any atom is -0.491 e. The number of fused-ring (bicyclic) bond motifs is 11. The zero-order chi connectivity index (χ0) is 53.3. The van der Waals surface area contributed by atoms with Crippen molar-refractivity contribution < 1.29 is 13.9 Å². The van der Waals surface area contributed by atoms with Crippen molar-refractivity contribution in [3.8, 4) is 72.9 Å². The van der Waals surface area contributed by atoms with Gasteiger partial charge in [0.25, 0.3) is 0 Å². The van der Waals surface area contributed by atoms with Gasteiger partial charge in [0.15, 0.2) is 11.5 Å². The van der Waals surface area contributed by atoms with Gasteiger partial charge in [0.1, 0.15) is 11.6 Å². The molecule has 5 heteroatoms. The van der Waals surface area contributed by atoms with Crippen LogP contribution in [0.5, 0.6) is 17.2 Å². The number of hydrogen-bond acceptors (Lipinski definition) is 4. The van der Waals surface area contributed by atoms with E-state index in [0.29, 0.717) is 11.8 Å². The van der Waals surface area contributed by atoms with Crippen molar-refractivity contribution in [1.29, 1.82) is 0 Å². The first-order valence-corrected chi connectivity index (χ1v) is 29.0. The van der Waals surface area contributed by atoms with Gasteiger partial charge in [-0.1, -0.05) is 117 Å². The number of pyridine rings is 1. The zero-order valence-electron chi connectivity index (χ0n) is 45.5. The van der Waals surface area contributed by atoms with E-state index in [0.717, 1.165) is 112 Å². The molecular weight excluding hydrogens is 980 g/mol. The van der Waals surface area contributed by atoms with Gasteiger partial charge >= 0.3 is 0 Å². The maximum Gasteiger partial charge on any atom is 0.151 e. The molecule has 0 N–H and O–H groups in total. The second-order valence-electron chi connectivity index (χ2n) is 24.9. The maximum atomic E-state index is 17.8. The molecule has 0 saturated heterocycles. The Kier molecular flexibility index (Phi) is 9.71. The molecule has 1 aliphatic heterocycles. The third-order valence-corrected chi connectivity index (χ3v) is 19.9. The highest BCUT2D eigenvalue weighted by molar-refractivity contribution is 6.18. The summed E-state index contributed by atoms with van der Waals surface area (Å²) in [5.41, 5.74) is 18.5. The van der Waals surface area contributed by atoms with Crippen LogP contribution in [0.3, 0.4) is 0 Å². The van der Waals surface area contributed by atoms with E-state index in [1.807, 2.05) is 36.7 Å². The summed E-state index contributed by atoms with van der Waals surface area (Å²) in [4.78, 5) is 6.85. The summed E-state index contributed by atoms with van der Waals surface area (Å²) in [6.07, 6.45) is 10.4. The minimum absolute atomic E-state index is 0.00541. The number of benzene rings is 10. The van der Waals surface area contributed by atoms with E-state index >= 15 is 4.39 Å². The van der Waals surface area contributed by atoms with Crippen molar-refractivity contribution in [3.63, 3.8) is 0 Å². The molecule has 1 spiro atoms. The molecule has 6 aliphatic carbocycles. The summed E-state index contributed by atoms with van der Waals surface area (Å²) in [7, 11) is 0. The standard InChI is InChI=1S/C75H59FN2O2/c1-42(2)79-54-39-58(71-62-34-47(46-21-20-45-26-27-77-41-51(45)33-46)22-25-64(62)75(65(71)40-54)52-29-43-28-44(31-52)32-53(75)30-43)49-23-24-63-60(36-49)61-37-50(38-66(76)72(61)74(63,3)4)55-14-11-15-57-59(55)35-48-12-5-6-13-56(48)73(57)78-67-16-7-9-18-69(67)80-70-19-10-8-17-68(70)78/h5-27,33-44,52-53H,28-32H2,1-4H3. The van der Waals surface area contributed by atoms with E-state index in [4.69, 9.17) is 9.47 Å². The predicted octanol–water partition coefficient (Wildman–Crippen LogP) is 20.1. The van der Waals surface area contributed by atoms with Crippen LogP contribution >= 0.6 is 0 Å². The van der Waals surface area contributed by atoms with Crippen LogP contribution in [-0.4, -0.2) is 11.1 Å². The molecule has 4 saturated carbocycles. The molecule has 4 bridgehead atoms. The Morgan fingerprint density at radius 2 is 1.20 bits per heavy atom. The van der Waals surface area contributed by atoms with Crippen LogP contribution in [0, 0.1) is 29.5 Å². The lowest BCUT2D eigenvalue weighted by Gasteiger charge is -2.61. The molecule has 2 heterocycles. The first-order valence-electron chi connectivity index (χ1n) is 29.0. The van der Waals surface area contributed by atoms with E-state index in [-0.39, 0.29) is 17.3 Å². The van der Waals surface area contributed by atoms with Gasteiger partial charge < -0.3 is 14.4 Å². The number of nitrogens with zero attached hydrogens (tertiary/aromatic N) is 2. The summed E-state index contributed by atoms with van der Waals surface area (Å²) in [5.74, 6) is 5.14. The molecule has 0 unspecified atom stereocenters. The smallest absolute Gasteiger partial charge is 0.151 e. The molecule has 0 amide bonds. The normalized spacial score (nSPS) is 21.1. The molecule has 10 aromatic carbocycles. The van der Waals surface area contributed by atoms with Gasteiger partial charge in [-0.15, -0.1) is 0 Å². The molecule has 11 aromatic rings. The van der Waals surface area contributed by atoms with Crippen LogP contribution in [0.1, 0.15) is 82.1 Å². The molecule has 4 nitrogen and oxygen atoms in total. The molecule has 1 aromatic heterocycles. The molecular formula is C75H59FN2O2. The van der Waals surface area contributed by atoms with Crippen LogP contribution in [0.2, 0.25) is 0 Å². The Bertz CT molecular complexity index is 4420. The van der Waals surface area contributed by atoms with Crippen LogP contribution in [-0.2, 0) is 10.8 Å². The van der Waals surface area contributed by atoms with Crippen LogP contribution in [0.4, 0.5) is 21.5 Å². The Labute approximate surface area is 466 Å². The zero-order valence-corrected chi connectivity index (χ0v) is 45.5. The molecule has 7 aliphatic rings. The number of halogens is 1. The third kappa shape index (κ3) is 6.46. The summed E-state index contributed by atoms with van der Waals surface area (Å²) in [6.45, 7) is 8.68. The predicted molar refractivity (Wildman–Crippen MR) is 324 cm³/mol. The van der Waals surface area contributed by atoms with E-state index in [1.165, 1.54) is 76.4 Å². The monoisotopic (exact) mass is 1040 g/mol. The van der Waals surface area contributed by atoms with Crippen LogP contribution in [0.25, 0.3) is 88.0 Å². The molecule has 0 atom stereocenters. The number of aromatic nitrogens is 1. The fourth-order valence-electron chi connectivity index (χ4n) is 17.0. The average Bonchev–Trinajstić information content (AvgIpc) is 4.13. The van der Waals surface area contributed by atoms with E-state index in [1.54, 1.807) is 6.07 Å². The largest absolute Gasteiger partial charge is 0.491 e. The fourth-order valence-corrected chi connectivity index (χ4v) is 17.0. The third-order valence-electron chi connectivity index (χ3n) is 19.9. The van der Waals surface area contributed by atoms with Crippen molar-refractivity contribution in [2.24, 2.45) is 23.7 Å². The lowest BCUT2D eigenvalue weighted by atomic mass is 9.43. The highest BCUT2D eigenvalue weighted by atomic mass is 19.1. The van der Waals surface area contributed by atoms with Crippen molar-refractivity contribution in [2.45, 2.75) is 76.7 Å². The van der Waals surface area contributed by atoms with Gasteiger partial charge in [-0.05, 0) is 237 Å². The lowest BCUT2D eigenvalue weighted by Crippen LogP contribution is -2.55. The fraction of sp³-hybridized carbons (Fsp3) is 0.213. The molecule has 0 radical (unpaired) electrons. The number of para-hydroxylation sites is 4. The first kappa shape index (κ1) is 46.4. The molecule has 80 heavy (non-hydrogen) atoms. The summed E-state index contributed by atoms with van der Waals surface area (Å²) in [5, 5.41) is 6.70. The second kappa shape index (κ2) is 16.8. The lowest BCUT2D eigenvalue weighted by molar-refractivity contribution is -0.0400. The minimum atomic E-state index is -0.572. The van der Waals surface area contributed by atoms with Gasteiger partial charge in [0.2, 0.25) is 0 Å². The first-order chi connectivity index (χ1) is 39.1. The maximum absolute atomic E-state index is 17.8. The number of hydrogen-bond donors (Lipinski definition) is 0. The second-order valence-corrected chi connectivity index (χ2v) is 24.9. The Morgan fingerprint density at radius 1 is 0.525 bits per heavy atom. The highest BCUT2D eigenvalue weighted by Gasteiger charge is 2.62. The molecule has 4 fully saturated rings. The summed E-state index contributed by atoms with van der Waals surface area (Å²) < 4.78 is 31.2. The molecule has 18 rings (SSSR count). The highest BCUT2D eigenvalue weighted by Crippen LogP contribution is 2.71. The van der Waals surface area contributed by atoms with Gasteiger partial charge in [-0.25, -0.2) is 4.39 Å². The van der Waals surface area contributed by atoms with Gasteiger partial charge in [-0.3, -0.25) is 4.98 Å². The number of anilines is 3. The summed E-state index contributed by atoms with van der Waals surface area (Å²) in [6, 6.07) is 66.2. The summed E-state index contributed by atoms with van der Waals surface area (Å²) >= 11 is 0. The van der Waals surface area contributed by atoms with Gasteiger partial charge in [-0.2, -0.15) is 0 Å². The van der Waals surface area contributed by atoms with Crippen molar-refractivity contribution in [2.75, 3.05) is 4.90 Å². The Morgan fingerprint density at radius 3 is 1.99 bits per heavy atom. The van der Waals surface area contributed by atoms with Crippen molar-refractivity contribution in [1.82, 2.24) is 4.98 Å². The van der Waals surface area contributed by atoms with E-state index in [9.17, 15) is 0 Å². The van der Waals surface area contributed by atoms with Crippen molar-refractivity contribution >= 4 is 49.4 Å². The Hall–Kier alpha value is -8.54. The van der Waals surface area contributed by atoms with Gasteiger partial charge in [0.05, 0.1) is 23.2 Å². The number of rotatable bonds is 6. The number of ether oxygens (including phenoxy) is 2. The van der Waals surface area contributed by atoms with E-state index in [2.05, 4.69) is 189 Å². The SMILES string of the molecule is CC(C)Oc1cc(-c2ccc3c(c2)-c2cc(-c4cccc5c(N6c7ccccc7Oc7ccccc76)c6ccccc6cc45)cc(F)c2C3(C)C)c2c(c1)C1(c3ccc(-c4ccc5ccncc5c4)cc3-2)C2CC3CC(C2)CC1C3. The van der Waals surface area contributed by atoms with Crippen LogP contribution < -0.4 is 14.4 Å². The molecule has 388 valence electrons. The quantitative estimate of drug-likeness (QED) is 0.155. The average molecular weight is 1040 g/mol. The van der Waals surface area contributed by atoms with E-state index < -0.39 is 5.41 Å². The van der Waals surface area contributed by atoms with Crippen LogP contribution in [0.15, 0.2) is 194 Å². The van der Waals surface area contributed by atoms with Crippen molar-refractivity contribution in [3.05, 3.63) is 222 Å². The topological polar surface area (TPSA) is 34.6 Å².